The predicted molar refractivity (Wildman–Crippen MR) is 48.1 cm³/mol. The summed E-state index contributed by atoms with van der Waals surface area (Å²) in [5, 5.41) is 0. The molecule has 0 aliphatic rings. The molecule has 0 fully saturated rings. The Morgan fingerprint density at radius 3 is 2.30 bits per heavy atom. The van der Waals surface area contributed by atoms with E-state index in [9.17, 15) is 0 Å². The highest BCUT2D eigenvalue weighted by Gasteiger charge is 2.02. The fourth-order valence-electron chi connectivity index (χ4n) is 1.21. The van der Waals surface area contributed by atoms with E-state index in [2.05, 4.69) is 39.8 Å². The summed E-state index contributed by atoms with van der Waals surface area (Å²) in [5.41, 5.74) is 0. The van der Waals surface area contributed by atoms with E-state index in [1.165, 1.54) is 12.8 Å². The van der Waals surface area contributed by atoms with Crippen molar-refractivity contribution in [2.24, 2.45) is 11.8 Å². The average molecular weight is 140 g/mol. The van der Waals surface area contributed by atoms with Crippen molar-refractivity contribution in [1.82, 2.24) is 0 Å². The lowest BCUT2D eigenvalue weighted by Gasteiger charge is -2.11. The zero-order valence-corrected chi connectivity index (χ0v) is 7.72. The van der Waals surface area contributed by atoms with Gasteiger partial charge in [0, 0.05) is 0 Å². The first-order valence-corrected chi connectivity index (χ1v) is 4.33. The maximum atomic E-state index is 2.32. The molecule has 2 atom stereocenters. The zero-order valence-electron chi connectivity index (χ0n) is 7.72. The highest BCUT2D eigenvalue weighted by Crippen LogP contribution is 2.15. The normalized spacial score (nSPS) is 17.6. The summed E-state index contributed by atoms with van der Waals surface area (Å²) in [5.74, 6) is 1.64. The third kappa shape index (κ3) is 4.60. The van der Waals surface area contributed by atoms with Gasteiger partial charge in [0.05, 0.1) is 0 Å². The number of hydrogen-bond acceptors (Lipinski definition) is 0. The predicted octanol–water partition coefficient (Wildman–Crippen LogP) is 3.63. The van der Waals surface area contributed by atoms with E-state index in [0.29, 0.717) is 0 Å². The molecule has 0 aromatic rings. The molecule has 0 amide bonds. The molecule has 0 aliphatic carbocycles. The van der Waals surface area contributed by atoms with Gasteiger partial charge in [0.2, 0.25) is 0 Å². The summed E-state index contributed by atoms with van der Waals surface area (Å²) in [6.07, 6.45) is 7.07. The molecule has 0 spiro atoms. The van der Waals surface area contributed by atoms with Gasteiger partial charge in [-0.15, -0.1) is 0 Å². The quantitative estimate of drug-likeness (QED) is 0.523. The Labute approximate surface area is 65.3 Å². The van der Waals surface area contributed by atoms with E-state index in [-0.39, 0.29) is 0 Å². The first-order chi connectivity index (χ1) is 4.70. The molecule has 0 heteroatoms. The Hall–Kier alpha value is -0.260. The molecule has 0 heterocycles. The van der Waals surface area contributed by atoms with Crippen LogP contribution in [-0.2, 0) is 0 Å². The van der Waals surface area contributed by atoms with Gasteiger partial charge >= 0.3 is 0 Å². The second-order valence-electron chi connectivity index (χ2n) is 3.25. The van der Waals surface area contributed by atoms with Crippen LogP contribution in [0.3, 0.4) is 0 Å². The third-order valence-corrected chi connectivity index (χ3v) is 1.99. The highest BCUT2D eigenvalue weighted by molar-refractivity contribution is 4.83. The maximum Gasteiger partial charge on any atom is -0.0260 e. The van der Waals surface area contributed by atoms with Crippen LogP contribution in [0.1, 0.15) is 40.5 Å². The molecule has 0 aliphatic heterocycles. The smallest absolute Gasteiger partial charge is 0.0260 e. The molecule has 0 aromatic heterocycles. The van der Waals surface area contributed by atoms with Gasteiger partial charge in [0.15, 0.2) is 0 Å². The molecule has 0 saturated heterocycles. The fourth-order valence-corrected chi connectivity index (χ4v) is 1.21. The van der Waals surface area contributed by atoms with Crippen LogP contribution in [0.2, 0.25) is 0 Å². The molecule has 0 N–H and O–H groups in total. The molecule has 0 nitrogen and oxygen atoms in total. The van der Waals surface area contributed by atoms with Crippen molar-refractivity contribution in [3.8, 4) is 0 Å². The van der Waals surface area contributed by atoms with Crippen molar-refractivity contribution in [2.45, 2.75) is 40.5 Å². The number of hydrogen-bond donors (Lipinski definition) is 0. The van der Waals surface area contributed by atoms with Gasteiger partial charge in [0.1, 0.15) is 0 Å². The van der Waals surface area contributed by atoms with Gasteiger partial charge in [-0.1, -0.05) is 39.3 Å². The highest BCUT2D eigenvalue weighted by atomic mass is 14.1. The summed E-state index contributed by atoms with van der Waals surface area (Å²) in [7, 11) is 0. The number of rotatable bonds is 4. The van der Waals surface area contributed by atoms with Crippen LogP contribution >= 0.6 is 0 Å². The van der Waals surface area contributed by atoms with Gasteiger partial charge in [-0.2, -0.15) is 0 Å². The fraction of sp³-hybridized carbons (Fsp3) is 0.800. The summed E-state index contributed by atoms with van der Waals surface area (Å²) < 4.78 is 0. The summed E-state index contributed by atoms with van der Waals surface area (Å²) >= 11 is 0. The second kappa shape index (κ2) is 5.52. The third-order valence-electron chi connectivity index (χ3n) is 1.99. The standard InChI is InChI=1S/C10H20/c1-5-7-10(4)8-9(3)6-2/h5,7,9-10H,6,8H2,1-4H3. The Bertz CT molecular complexity index is 92.2. The first-order valence-electron chi connectivity index (χ1n) is 4.33. The van der Waals surface area contributed by atoms with Crippen molar-refractivity contribution in [1.29, 1.82) is 0 Å². The van der Waals surface area contributed by atoms with Crippen molar-refractivity contribution < 1.29 is 0 Å². The SMILES string of the molecule is CC=CC(C)CC(C)CC. The van der Waals surface area contributed by atoms with Crippen molar-refractivity contribution in [3.05, 3.63) is 12.2 Å². The largest absolute Gasteiger partial charge is 0.0914 e. The van der Waals surface area contributed by atoms with E-state index in [1.807, 2.05) is 0 Å². The van der Waals surface area contributed by atoms with Crippen molar-refractivity contribution in [2.75, 3.05) is 0 Å². The number of allylic oxidation sites excluding steroid dienone is 2. The lowest BCUT2D eigenvalue weighted by Crippen LogP contribution is -1.98. The molecule has 60 valence electrons. The Kier molecular flexibility index (Phi) is 5.38. The van der Waals surface area contributed by atoms with E-state index < -0.39 is 0 Å². The van der Waals surface area contributed by atoms with E-state index in [0.717, 1.165) is 11.8 Å². The minimum Gasteiger partial charge on any atom is -0.0914 e. The summed E-state index contributed by atoms with van der Waals surface area (Å²) in [4.78, 5) is 0. The monoisotopic (exact) mass is 140 g/mol. The van der Waals surface area contributed by atoms with Crippen LogP contribution in [0, 0.1) is 11.8 Å². The molecular weight excluding hydrogens is 120 g/mol. The minimum atomic E-state index is 0.764. The van der Waals surface area contributed by atoms with Crippen LogP contribution < -0.4 is 0 Å². The average Bonchev–Trinajstić information content (AvgIpc) is 1.88. The lowest BCUT2D eigenvalue weighted by atomic mass is 9.95. The molecular formula is C10H20. The van der Waals surface area contributed by atoms with Crippen molar-refractivity contribution in [3.63, 3.8) is 0 Å². The first kappa shape index (κ1) is 9.74. The topological polar surface area (TPSA) is 0 Å². The summed E-state index contributed by atoms with van der Waals surface area (Å²) in [6, 6.07) is 0. The van der Waals surface area contributed by atoms with Gasteiger partial charge < -0.3 is 0 Å². The maximum absolute atomic E-state index is 2.32. The van der Waals surface area contributed by atoms with Gasteiger partial charge in [-0.05, 0) is 25.2 Å². The Balaban J connectivity index is 3.46. The minimum absolute atomic E-state index is 0.764. The summed E-state index contributed by atoms with van der Waals surface area (Å²) in [6.45, 7) is 8.95. The molecule has 10 heavy (non-hydrogen) atoms. The molecule has 0 saturated carbocycles. The van der Waals surface area contributed by atoms with E-state index in [1.54, 1.807) is 0 Å². The van der Waals surface area contributed by atoms with Gasteiger partial charge in [0.25, 0.3) is 0 Å². The van der Waals surface area contributed by atoms with Gasteiger partial charge in [-0.25, -0.2) is 0 Å². The molecule has 2 unspecified atom stereocenters. The van der Waals surface area contributed by atoms with Crippen molar-refractivity contribution >= 4 is 0 Å². The van der Waals surface area contributed by atoms with E-state index in [4.69, 9.17) is 0 Å². The van der Waals surface area contributed by atoms with Crippen LogP contribution in [0.5, 0.6) is 0 Å². The molecule has 0 aromatic carbocycles. The molecule has 0 rings (SSSR count). The molecule has 0 bridgehead atoms. The van der Waals surface area contributed by atoms with Crippen LogP contribution in [-0.4, -0.2) is 0 Å². The zero-order chi connectivity index (χ0) is 7.98. The van der Waals surface area contributed by atoms with Gasteiger partial charge in [-0.3, -0.25) is 0 Å². The Morgan fingerprint density at radius 1 is 1.30 bits per heavy atom. The van der Waals surface area contributed by atoms with Crippen LogP contribution in [0.4, 0.5) is 0 Å². The van der Waals surface area contributed by atoms with Crippen LogP contribution in [0.15, 0.2) is 12.2 Å². The lowest BCUT2D eigenvalue weighted by molar-refractivity contribution is 0.454. The van der Waals surface area contributed by atoms with Crippen LogP contribution in [0.25, 0.3) is 0 Å². The molecule has 0 radical (unpaired) electrons. The van der Waals surface area contributed by atoms with E-state index >= 15 is 0 Å². The second-order valence-corrected chi connectivity index (χ2v) is 3.25. The Morgan fingerprint density at radius 2 is 1.90 bits per heavy atom.